The van der Waals surface area contributed by atoms with Gasteiger partial charge in [0, 0.05) is 6.04 Å². The van der Waals surface area contributed by atoms with Crippen molar-refractivity contribution in [1.29, 1.82) is 0 Å². The minimum Gasteiger partial charge on any atom is -0.397 e. The Hall–Kier alpha value is -2.03. The molecule has 3 N–H and O–H groups in total. The summed E-state index contributed by atoms with van der Waals surface area (Å²) in [5, 5.41) is 3.30. The van der Waals surface area contributed by atoms with Crippen LogP contribution in [-0.4, -0.2) is 0 Å². The van der Waals surface area contributed by atoms with E-state index in [9.17, 15) is 4.39 Å². The Bertz CT molecular complexity index is 494. The highest BCUT2D eigenvalue weighted by Crippen LogP contribution is 2.23. The number of hydrogen-bond acceptors (Lipinski definition) is 2. The molecule has 2 rings (SSSR count). The van der Waals surface area contributed by atoms with Crippen LogP contribution in [0.4, 0.5) is 15.8 Å². The van der Waals surface area contributed by atoms with E-state index in [0.29, 0.717) is 5.69 Å². The second-order valence-electron chi connectivity index (χ2n) is 4.00. The van der Waals surface area contributed by atoms with Crippen LogP contribution < -0.4 is 11.1 Å². The maximum atomic E-state index is 12.8. The van der Waals surface area contributed by atoms with Crippen LogP contribution >= 0.6 is 0 Å². The summed E-state index contributed by atoms with van der Waals surface area (Å²) in [4.78, 5) is 0. The summed E-state index contributed by atoms with van der Waals surface area (Å²) in [6.07, 6.45) is 0. The van der Waals surface area contributed by atoms with Gasteiger partial charge < -0.3 is 11.1 Å². The summed E-state index contributed by atoms with van der Waals surface area (Å²) in [5.41, 5.74) is 8.47. The molecule has 3 heteroatoms. The van der Waals surface area contributed by atoms with Crippen molar-refractivity contribution in [3.8, 4) is 0 Å². The van der Waals surface area contributed by atoms with E-state index in [2.05, 4.69) is 5.32 Å². The monoisotopic (exact) mass is 230 g/mol. The maximum Gasteiger partial charge on any atom is 0.123 e. The van der Waals surface area contributed by atoms with Gasteiger partial charge in [0.05, 0.1) is 11.4 Å². The van der Waals surface area contributed by atoms with Crippen molar-refractivity contribution in [1.82, 2.24) is 0 Å². The molecule has 0 aromatic heterocycles. The zero-order valence-corrected chi connectivity index (χ0v) is 9.65. The quantitative estimate of drug-likeness (QED) is 0.791. The number of hydrogen-bond donors (Lipinski definition) is 2. The summed E-state index contributed by atoms with van der Waals surface area (Å²) in [7, 11) is 0. The predicted octanol–water partition coefficient (Wildman–Crippen LogP) is 3.58. The van der Waals surface area contributed by atoms with Gasteiger partial charge in [-0.25, -0.2) is 4.39 Å². The Morgan fingerprint density at radius 2 is 1.71 bits per heavy atom. The van der Waals surface area contributed by atoms with Gasteiger partial charge in [0.25, 0.3) is 0 Å². The molecule has 0 bridgehead atoms. The standard InChI is InChI=1S/C14H15FN2/c1-10(11-6-8-12(15)9-7-11)17-14-5-3-2-4-13(14)16/h2-10,17H,16H2,1H3. The van der Waals surface area contributed by atoms with Gasteiger partial charge in [0.15, 0.2) is 0 Å². The minimum absolute atomic E-state index is 0.0836. The fourth-order valence-electron chi connectivity index (χ4n) is 1.70. The van der Waals surface area contributed by atoms with E-state index in [-0.39, 0.29) is 11.9 Å². The number of nitrogens with one attached hydrogen (secondary N) is 1. The lowest BCUT2D eigenvalue weighted by molar-refractivity contribution is 0.626. The Kier molecular flexibility index (Phi) is 3.28. The highest BCUT2D eigenvalue weighted by atomic mass is 19.1. The summed E-state index contributed by atoms with van der Waals surface area (Å²) >= 11 is 0. The zero-order valence-electron chi connectivity index (χ0n) is 9.65. The predicted molar refractivity (Wildman–Crippen MR) is 69.3 cm³/mol. The highest BCUT2D eigenvalue weighted by molar-refractivity contribution is 5.66. The third-order valence-electron chi connectivity index (χ3n) is 2.70. The van der Waals surface area contributed by atoms with Crippen LogP contribution in [0.1, 0.15) is 18.5 Å². The molecule has 0 aliphatic heterocycles. The molecule has 2 aromatic carbocycles. The van der Waals surface area contributed by atoms with Gasteiger partial charge in [-0.15, -0.1) is 0 Å². The van der Waals surface area contributed by atoms with Crippen molar-refractivity contribution in [2.75, 3.05) is 11.1 Å². The van der Waals surface area contributed by atoms with Crippen molar-refractivity contribution in [3.05, 3.63) is 59.9 Å². The summed E-state index contributed by atoms with van der Waals surface area (Å²) in [6, 6.07) is 14.1. The molecule has 2 aromatic rings. The Morgan fingerprint density at radius 3 is 2.35 bits per heavy atom. The van der Waals surface area contributed by atoms with Crippen molar-refractivity contribution in [3.63, 3.8) is 0 Å². The number of nitrogens with two attached hydrogens (primary N) is 1. The van der Waals surface area contributed by atoms with Crippen molar-refractivity contribution < 1.29 is 4.39 Å². The molecule has 2 nitrogen and oxygen atoms in total. The summed E-state index contributed by atoms with van der Waals surface area (Å²) < 4.78 is 12.8. The van der Waals surface area contributed by atoms with Crippen LogP contribution in [0.15, 0.2) is 48.5 Å². The Labute approximate surface area is 100 Å². The van der Waals surface area contributed by atoms with Crippen LogP contribution in [0.5, 0.6) is 0 Å². The van der Waals surface area contributed by atoms with Crippen LogP contribution in [0.3, 0.4) is 0 Å². The highest BCUT2D eigenvalue weighted by Gasteiger charge is 2.06. The molecule has 0 radical (unpaired) electrons. The molecule has 1 atom stereocenters. The maximum absolute atomic E-state index is 12.8. The van der Waals surface area contributed by atoms with Gasteiger partial charge in [0.1, 0.15) is 5.82 Å². The first-order valence-electron chi connectivity index (χ1n) is 5.53. The average Bonchev–Trinajstić information content (AvgIpc) is 2.33. The molecule has 0 aliphatic carbocycles. The van der Waals surface area contributed by atoms with Gasteiger partial charge in [-0.3, -0.25) is 0 Å². The van der Waals surface area contributed by atoms with Crippen LogP contribution in [0.2, 0.25) is 0 Å². The van der Waals surface area contributed by atoms with Crippen LogP contribution in [-0.2, 0) is 0 Å². The summed E-state index contributed by atoms with van der Waals surface area (Å²) in [6.45, 7) is 2.01. The van der Waals surface area contributed by atoms with Gasteiger partial charge >= 0.3 is 0 Å². The van der Waals surface area contributed by atoms with Gasteiger partial charge in [-0.2, -0.15) is 0 Å². The molecule has 0 fully saturated rings. The van der Waals surface area contributed by atoms with Gasteiger partial charge in [0.2, 0.25) is 0 Å². The lowest BCUT2D eigenvalue weighted by atomic mass is 10.1. The molecule has 0 saturated carbocycles. The van der Waals surface area contributed by atoms with E-state index in [1.807, 2.05) is 31.2 Å². The second kappa shape index (κ2) is 4.87. The first-order chi connectivity index (χ1) is 8.16. The van der Waals surface area contributed by atoms with E-state index in [1.54, 1.807) is 12.1 Å². The number of para-hydroxylation sites is 2. The van der Waals surface area contributed by atoms with Crippen LogP contribution in [0.25, 0.3) is 0 Å². The molecular weight excluding hydrogens is 215 g/mol. The third-order valence-corrected chi connectivity index (χ3v) is 2.70. The molecule has 0 spiro atoms. The number of anilines is 2. The Balaban J connectivity index is 2.14. The number of nitrogen functional groups attached to an aromatic ring is 1. The molecule has 88 valence electrons. The van der Waals surface area contributed by atoms with E-state index in [1.165, 1.54) is 12.1 Å². The van der Waals surface area contributed by atoms with E-state index >= 15 is 0 Å². The fraction of sp³-hybridized carbons (Fsp3) is 0.143. The average molecular weight is 230 g/mol. The number of halogens is 1. The van der Waals surface area contributed by atoms with Crippen molar-refractivity contribution in [2.45, 2.75) is 13.0 Å². The molecule has 0 aliphatic rings. The lowest BCUT2D eigenvalue weighted by Gasteiger charge is -2.17. The SMILES string of the molecule is CC(Nc1ccccc1N)c1ccc(F)cc1. The van der Waals surface area contributed by atoms with E-state index in [0.717, 1.165) is 11.3 Å². The summed E-state index contributed by atoms with van der Waals surface area (Å²) in [5.74, 6) is -0.222. The molecule has 17 heavy (non-hydrogen) atoms. The number of rotatable bonds is 3. The molecule has 0 heterocycles. The molecule has 1 unspecified atom stereocenters. The smallest absolute Gasteiger partial charge is 0.123 e. The third kappa shape index (κ3) is 2.75. The first kappa shape index (κ1) is 11.5. The van der Waals surface area contributed by atoms with Crippen molar-refractivity contribution >= 4 is 11.4 Å². The molecule has 0 saturated heterocycles. The van der Waals surface area contributed by atoms with Crippen molar-refractivity contribution in [2.24, 2.45) is 0 Å². The lowest BCUT2D eigenvalue weighted by Crippen LogP contribution is -2.08. The van der Waals surface area contributed by atoms with Gasteiger partial charge in [-0.05, 0) is 36.8 Å². The van der Waals surface area contributed by atoms with Gasteiger partial charge in [-0.1, -0.05) is 24.3 Å². The zero-order chi connectivity index (χ0) is 12.3. The Morgan fingerprint density at radius 1 is 1.06 bits per heavy atom. The second-order valence-corrected chi connectivity index (χ2v) is 4.00. The molecular formula is C14H15FN2. The number of benzene rings is 2. The first-order valence-corrected chi connectivity index (χ1v) is 5.53. The van der Waals surface area contributed by atoms with E-state index in [4.69, 9.17) is 5.73 Å². The normalized spacial score (nSPS) is 12.1. The van der Waals surface area contributed by atoms with Crippen LogP contribution in [0, 0.1) is 5.82 Å². The molecule has 0 amide bonds. The topological polar surface area (TPSA) is 38.0 Å². The minimum atomic E-state index is -0.222. The largest absolute Gasteiger partial charge is 0.397 e. The van der Waals surface area contributed by atoms with E-state index < -0.39 is 0 Å². The fourth-order valence-corrected chi connectivity index (χ4v) is 1.70.